The van der Waals surface area contributed by atoms with Crippen molar-refractivity contribution in [2.45, 2.75) is 19.9 Å². The fourth-order valence-electron chi connectivity index (χ4n) is 1.91. The molecule has 0 amide bonds. The fraction of sp³-hybridized carbons (Fsp3) is 0.273. The number of nitrogens with zero attached hydrogens (tertiary/aromatic N) is 1. The molecule has 0 bridgehead atoms. The Hall–Kier alpha value is -2.64. The quantitative estimate of drug-likeness (QED) is 0.689. The standard InChI is InChI=1S/C11H11N3O5/c1-2-3-14-8-7(9(16)13-11(14)19)5(10(17)18)4-6(15)12-8/h4H,2-3H2,1H3,(H,12,15)(H,17,18)(H,13,16,19). The van der Waals surface area contributed by atoms with Crippen molar-refractivity contribution < 1.29 is 9.90 Å². The molecule has 0 saturated heterocycles. The number of carboxylic acids is 1. The average molecular weight is 265 g/mol. The summed E-state index contributed by atoms with van der Waals surface area (Å²) < 4.78 is 1.14. The summed E-state index contributed by atoms with van der Waals surface area (Å²) in [5.74, 6) is -1.40. The van der Waals surface area contributed by atoms with Crippen LogP contribution in [0.15, 0.2) is 20.4 Å². The second kappa shape index (κ2) is 4.56. The summed E-state index contributed by atoms with van der Waals surface area (Å²) in [6.07, 6.45) is 0.584. The summed E-state index contributed by atoms with van der Waals surface area (Å²) in [4.78, 5) is 50.3. The predicted molar refractivity (Wildman–Crippen MR) is 66.7 cm³/mol. The van der Waals surface area contributed by atoms with E-state index in [2.05, 4.69) is 4.98 Å². The first-order valence-electron chi connectivity index (χ1n) is 5.59. The molecule has 0 aromatic carbocycles. The number of pyridine rings is 1. The van der Waals surface area contributed by atoms with E-state index in [4.69, 9.17) is 5.11 Å². The van der Waals surface area contributed by atoms with Gasteiger partial charge in [-0.05, 0) is 6.42 Å². The van der Waals surface area contributed by atoms with Gasteiger partial charge in [-0.2, -0.15) is 0 Å². The maximum absolute atomic E-state index is 11.7. The summed E-state index contributed by atoms with van der Waals surface area (Å²) in [7, 11) is 0. The fourth-order valence-corrected chi connectivity index (χ4v) is 1.91. The first-order valence-corrected chi connectivity index (χ1v) is 5.59. The lowest BCUT2D eigenvalue weighted by molar-refractivity contribution is 0.0698. The predicted octanol–water partition coefficient (Wildman–Crippen LogP) is -0.514. The number of aromatic amines is 2. The third-order valence-electron chi connectivity index (χ3n) is 2.66. The number of H-pyrrole nitrogens is 2. The van der Waals surface area contributed by atoms with Gasteiger partial charge in [-0.3, -0.25) is 19.1 Å². The summed E-state index contributed by atoms with van der Waals surface area (Å²) in [6.45, 7) is 2.06. The Morgan fingerprint density at radius 3 is 2.58 bits per heavy atom. The van der Waals surface area contributed by atoms with E-state index < -0.39 is 28.3 Å². The Labute approximate surface area is 105 Å². The maximum Gasteiger partial charge on any atom is 0.336 e. The number of nitrogens with one attached hydrogen (secondary N) is 2. The number of aryl methyl sites for hydroxylation is 1. The molecule has 0 fully saturated rings. The molecule has 100 valence electrons. The Morgan fingerprint density at radius 1 is 1.32 bits per heavy atom. The van der Waals surface area contributed by atoms with Crippen molar-refractivity contribution in [2.24, 2.45) is 0 Å². The summed E-state index contributed by atoms with van der Waals surface area (Å²) >= 11 is 0. The number of carbonyl (C=O) groups is 1. The summed E-state index contributed by atoms with van der Waals surface area (Å²) in [5, 5.41) is 8.82. The van der Waals surface area contributed by atoms with Crippen molar-refractivity contribution in [3.63, 3.8) is 0 Å². The number of aromatic carboxylic acids is 1. The largest absolute Gasteiger partial charge is 0.478 e. The van der Waals surface area contributed by atoms with Gasteiger partial charge >= 0.3 is 11.7 Å². The van der Waals surface area contributed by atoms with Crippen LogP contribution in [0.4, 0.5) is 0 Å². The lowest BCUT2D eigenvalue weighted by atomic mass is 10.2. The minimum Gasteiger partial charge on any atom is -0.478 e. The minimum absolute atomic E-state index is 0.0690. The van der Waals surface area contributed by atoms with E-state index >= 15 is 0 Å². The van der Waals surface area contributed by atoms with Crippen molar-refractivity contribution in [3.05, 3.63) is 42.8 Å². The van der Waals surface area contributed by atoms with Gasteiger partial charge in [-0.25, -0.2) is 9.59 Å². The van der Waals surface area contributed by atoms with Crippen LogP contribution in [0, 0.1) is 0 Å². The van der Waals surface area contributed by atoms with Crippen LogP contribution in [0.1, 0.15) is 23.7 Å². The highest BCUT2D eigenvalue weighted by molar-refractivity contribution is 6.00. The van der Waals surface area contributed by atoms with Gasteiger partial charge in [0.2, 0.25) is 5.56 Å². The molecule has 0 saturated carbocycles. The second-order valence-electron chi connectivity index (χ2n) is 3.99. The van der Waals surface area contributed by atoms with Gasteiger partial charge in [-0.15, -0.1) is 0 Å². The number of hydrogen-bond donors (Lipinski definition) is 3. The molecule has 0 unspecified atom stereocenters. The first-order chi connectivity index (χ1) is 8.95. The van der Waals surface area contributed by atoms with E-state index in [1.807, 2.05) is 11.9 Å². The molecule has 3 N–H and O–H groups in total. The Bertz CT molecular complexity index is 827. The summed E-state index contributed by atoms with van der Waals surface area (Å²) in [5.41, 5.74) is -2.69. The number of fused-ring (bicyclic) bond motifs is 1. The third-order valence-corrected chi connectivity index (χ3v) is 2.66. The number of carboxylic acid groups (broad SMARTS) is 1. The van der Waals surface area contributed by atoms with Crippen LogP contribution in [-0.2, 0) is 6.54 Å². The highest BCUT2D eigenvalue weighted by Gasteiger charge is 2.17. The van der Waals surface area contributed by atoms with Crippen LogP contribution in [0.25, 0.3) is 11.0 Å². The van der Waals surface area contributed by atoms with Crippen molar-refractivity contribution in [3.8, 4) is 0 Å². The van der Waals surface area contributed by atoms with E-state index in [9.17, 15) is 19.2 Å². The number of rotatable bonds is 3. The second-order valence-corrected chi connectivity index (χ2v) is 3.99. The lowest BCUT2D eigenvalue weighted by Gasteiger charge is -2.08. The molecule has 0 radical (unpaired) electrons. The van der Waals surface area contributed by atoms with Crippen LogP contribution in [0.3, 0.4) is 0 Å². The molecule has 0 aliphatic heterocycles. The van der Waals surface area contributed by atoms with Gasteiger partial charge in [0.15, 0.2) is 0 Å². The van der Waals surface area contributed by atoms with Gasteiger partial charge < -0.3 is 10.1 Å². The highest BCUT2D eigenvalue weighted by Crippen LogP contribution is 2.09. The summed E-state index contributed by atoms with van der Waals surface area (Å²) in [6, 6.07) is 0.820. The van der Waals surface area contributed by atoms with E-state index in [0.717, 1.165) is 10.6 Å². The van der Waals surface area contributed by atoms with Gasteiger partial charge in [0.1, 0.15) is 5.65 Å². The third kappa shape index (κ3) is 2.07. The van der Waals surface area contributed by atoms with E-state index in [1.165, 1.54) is 0 Å². The molecule has 2 heterocycles. The molecule has 2 aromatic rings. The molecule has 0 aliphatic carbocycles. The number of aromatic nitrogens is 3. The normalized spacial score (nSPS) is 10.8. The van der Waals surface area contributed by atoms with E-state index in [-0.39, 0.29) is 17.6 Å². The molecule has 0 atom stereocenters. The van der Waals surface area contributed by atoms with E-state index in [0.29, 0.717) is 6.42 Å². The topological polar surface area (TPSA) is 125 Å². The van der Waals surface area contributed by atoms with Gasteiger partial charge in [0, 0.05) is 12.6 Å². The first kappa shape index (κ1) is 12.8. The van der Waals surface area contributed by atoms with E-state index in [1.54, 1.807) is 0 Å². The van der Waals surface area contributed by atoms with Gasteiger partial charge in [-0.1, -0.05) is 6.92 Å². The van der Waals surface area contributed by atoms with Gasteiger partial charge in [0.05, 0.1) is 10.9 Å². The SMILES string of the molecule is CCCn1c(=O)[nH]c(=O)c2c(C(=O)O)cc(=O)[nH]c21. The smallest absolute Gasteiger partial charge is 0.336 e. The van der Waals surface area contributed by atoms with Crippen molar-refractivity contribution in [2.75, 3.05) is 0 Å². The Balaban J connectivity index is 3.08. The van der Waals surface area contributed by atoms with Crippen LogP contribution < -0.4 is 16.8 Å². The highest BCUT2D eigenvalue weighted by atomic mass is 16.4. The molecule has 8 heteroatoms. The Kier molecular flexibility index (Phi) is 3.07. The van der Waals surface area contributed by atoms with Crippen molar-refractivity contribution in [1.29, 1.82) is 0 Å². The lowest BCUT2D eigenvalue weighted by Crippen LogP contribution is -2.33. The number of hydrogen-bond acceptors (Lipinski definition) is 4. The molecule has 2 rings (SSSR count). The van der Waals surface area contributed by atoms with Crippen molar-refractivity contribution >= 4 is 17.0 Å². The van der Waals surface area contributed by atoms with Crippen LogP contribution in [-0.4, -0.2) is 25.6 Å². The van der Waals surface area contributed by atoms with Crippen LogP contribution in [0.2, 0.25) is 0 Å². The zero-order valence-electron chi connectivity index (χ0n) is 10.0. The molecule has 0 spiro atoms. The average Bonchev–Trinajstić information content (AvgIpc) is 2.32. The molecular weight excluding hydrogens is 254 g/mol. The zero-order chi connectivity index (χ0) is 14.2. The van der Waals surface area contributed by atoms with Crippen LogP contribution >= 0.6 is 0 Å². The maximum atomic E-state index is 11.7. The molecule has 19 heavy (non-hydrogen) atoms. The molecule has 2 aromatic heterocycles. The Morgan fingerprint density at radius 2 is 2.00 bits per heavy atom. The monoisotopic (exact) mass is 265 g/mol. The molecule has 8 nitrogen and oxygen atoms in total. The van der Waals surface area contributed by atoms with Crippen LogP contribution in [0.5, 0.6) is 0 Å². The molecule has 0 aliphatic rings. The zero-order valence-corrected chi connectivity index (χ0v) is 10.0. The van der Waals surface area contributed by atoms with Crippen molar-refractivity contribution in [1.82, 2.24) is 14.5 Å². The van der Waals surface area contributed by atoms with Gasteiger partial charge in [0.25, 0.3) is 5.56 Å². The molecular formula is C11H11N3O5. The minimum atomic E-state index is -1.40.